The Hall–Kier alpha value is -1.30. The van der Waals surface area contributed by atoms with Crippen molar-refractivity contribution in [2.75, 3.05) is 13.2 Å². The Morgan fingerprint density at radius 3 is 2.61 bits per heavy atom. The number of urea groups is 1. The van der Waals surface area contributed by atoms with Gasteiger partial charge in [0.05, 0.1) is 25.2 Å². The Morgan fingerprint density at radius 1 is 1.44 bits per heavy atom. The summed E-state index contributed by atoms with van der Waals surface area (Å²) in [5, 5.41) is 11.5. The third-order valence-corrected chi connectivity index (χ3v) is 2.91. The molecule has 1 fully saturated rings. The van der Waals surface area contributed by atoms with Gasteiger partial charge in [0.15, 0.2) is 0 Å². The van der Waals surface area contributed by atoms with E-state index in [1.807, 2.05) is 13.8 Å². The Morgan fingerprint density at radius 2 is 2.06 bits per heavy atom. The lowest BCUT2D eigenvalue weighted by molar-refractivity contribution is -0.138. The first-order valence-corrected chi connectivity index (χ1v) is 6.13. The molecule has 0 aromatic carbocycles. The zero-order valence-corrected chi connectivity index (χ0v) is 11.4. The van der Waals surface area contributed by atoms with Crippen LogP contribution in [0.25, 0.3) is 0 Å². The summed E-state index contributed by atoms with van der Waals surface area (Å²) in [6.07, 6.45) is -0.0953. The third kappa shape index (κ3) is 4.18. The first kappa shape index (κ1) is 14.8. The molecule has 0 spiro atoms. The molecule has 2 amide bonds. The van der Waals surface area contributed by atoms with Gasteiger partial charge in [0, 0.05) is 12.1 Å². The minimum Gasteiger partial charge on any atom is -0.481 e. The normalized spacial score (nSPS) is 24.8. The van der Waals surface area contributed by atoms with E-state index >= 15 is 0 Å². The van der Waals surface area contributed by atoms with Crippen LogP contribution in [0.5, 0.6) is 0 Å². The van der Waals surface area contributed by atoms with Crippen LogP contribution in [0.15, 0.2) is 0 Å². The maximum absolute atomic E-state index is 12.1. The predicted octanol–water partition coefficient (Wildman–Crippen LogP) is 1.06. The van der Waals surface area contributed by atoms with Crippen molar-refractivity contribution in [2.45, 2.75) is 51.8 Å². The highest BCUT2D eigenvalue weighted by atomic mass is 16.5. The Kier molecular flexibility index (Phi) is 4.56. The predicted molar refractivity (Wildman–Crippen MR) is 66.4 cm³/mol. The Labute approximate surface area is 107 Å². The van der Waals surface area contributed by atoms with Crippen LogP contribution < -0.4 is 5.32 Å². The average Bonchev–Trinajstić information content (AvgIpc) is 2.18. The zero-order valence-electron chi connectivity index (χ0n) is 11.4. The fourth-order valence-corrected chi connectivity index (χ4v) is 1.97. The molecule has 0 aliphatic carbocycles. The molecule has 1 aliphatic heterocycles. The minimum atomic E-state index is -0.927. The molecule has 2 N–H and O–H groups in total. The number of nitrogens with one attached hydrogen (secondary N) is 1. The topological polar surface area (TPSA) is 78.9 Å². The van der Waals surface area contributed by atoms with Gasteiger partial charge < -0.3 is 20.1 Å². The van der Waals surface area contributed by atoms with Gasteiger partial charge in [-0.3, -0.25) is 4.79 Å². The van der Waals surface area contributed by atoms with Gasteiger partial charge in [0.25, 0.3) is 0 Å². The summed E-state index contributed by atoms with van der Waals surface area (Å²) >= 11 is 0. The lowest BCUT2D eigenvalue weighted by atomic mass is 10.0. The molecule has 6 heteroatoms. The highest BCUT2D eigenvalue weighted by molar-refractivity contribution is 5.77. The van der Waals surface area contributed by atoms with Crippen LogP contribution in [0.2, 0.25) is 0 Å². The van der Waals surface area contributed by atoms with Crippen molar-refractivity contribution in [3.63, 3.8) is 0 Å². The van der Waals surface area contributed by atoms with Crippen LogP contribution >= 0.6 is 0 Å². The summed E-state index contributed by atoms with van der Waals surface area (Å²) in [4.78, 5) is 24.5. The van der Waals surface area contributed by atoms with Crippen LogP contribution in [0.3, 0.4) is 0 Å². The number of carboxylic acids is 1. The molecule has 0 aromatic heterocycles. The number of aliphatic carboxylic acids is 1. The van der Waals surface area contributed by atoms with Crippen LogP contribution in [0, 0.1) is 0 Å². The van der Waals surface area contributed by atoms with Crippen molar-refractivity contribution >= 4 is 12.0 Å². The first-order valence-electron chi connectivity index (χ1n) is 6.13. The van der Waals surface area contributed by atoms with E-state index in [9.17, 15) is 9.59 Å². The molecule has 104 valence electrons. The van der Waals surface area contributed by atoms with Crippen molar-refractivity contribution in [1.82, 2.24) is 10.2 Å². The highest BCUT2D eigenvalue weighted by Gasteiger charge is 2.31. The SMILES string of the molecule is CC1CN(C(=O)NC(C)(C)CC(=O)O)C(C)CO1. The summed E-state index contributed by atoms with van der Waals surface area (Å²) in [7, 11) is 0. The maximum Gasteiger partial charge on any atom is 0.318 e. The summed E-state index contributed by atoms with van der Waals surface area (Å²) < 4.78 is 5.45. The Balaban J connectivity index is 2.61. The quantitative estimate of drug-likeness (QED) is 0.793. The highest BCUT2D eigenvalue weighted by Crippen LogP contribution is 2.14. The zero-order chi connectivity index (χ0) is 13.9. The summed E-state index contributed by atoms with van der Waals surface area (Å²) in [5.74, 6) is -0.927. The van der Waals surface area contributed by atoms with Crippen LogP contribution in [-0.2, 0) is 9.53 Å². The second-order valence-electron chi connectivity index (χ2n) is 5.53. The number of amides is 2. The molecular formula is C12H22N2O4. The van der Waals surface area contributed by atoms with Gasteiger partial charge >= 0.3 is 12.0 Å². The lowest BCUT2D eigenvalue weighted by Gasteiger charge is -2.38. The standard InChI is InChI=1S/C12H22N2O4/c1-8-7-18-9(2)6-14(8)11(17)13-12(3,4)5-10(15)16/h8-9H,5-7H2,1-4H3,(H,13,17)(H,15,16). The third-order valence-electron chi connectivity index (χ3n) is 2.91. The van der Waals surface area contributed by atoms with E-state index in [0.29, 0.717) is 13.2 Å². The number of hydrogen-bond acceptors (Lipinski definition) is 3. The van der Waals surface area contributed by atoms with E-state index in [1.54, 1.807) is 18.7 Å². The van der Waals surface area contributed by atoms with Gasteiger partial charge in [-0.05, 0) is 27.7 Å². The van der Waals surface area contributed by atoms with Crippen LogP contribution in [-0.4, -0.2) is 52.8 Å². The smallest absolute Gasteiger partial charge is 0.318 e. The monoisotopic (exact) mass is 258 g/mol. The number of nitrogens with zero attached hydrogens (tertiary/aromatic N) is 1. The maximum atomic E-state index is 12.1. The number of morpholine rings is 1. The molecule has 6 nitrogen and oxygen atoms in total. The summed E-state index contributed by atoms with van der Waals surface area (Å²) in [5.41, 5.74) is -0.760. The van der Waals surface area contributed by atoms with Crippen molar-refractivity contribution in [3.8, 4) is 0 Å². The molecule has 0 bridgehead atoms. The molecule has 2 atom stereocenters. The van der Waals surface area contributed by atoms with Gasteiger partial charge in [0.1, 0.15) is 0 Å². The van der Waals surface area contributed by atoms with Crippen LogP contribution in [0.1, 0.15) is 34.1 Å². The number of carbonyl (C=O) groups excluding carboxylic acids is 1. The number of rotatable bonds is 3. The second-order valence-corrected chi connectivity index (χ2v) is 5.53. The summed E-state index contributed by atoms with van der Waals surface area (Å²) in [6, 6.07) is -0.231. The Bertz CT molecular complexity index is 330. The van der Waals surface area contributed by atoms with Crippen molar-refractivity contribution in [3.05, 3.63) is 0 Å². The first-order chi connectivity index (χ1) is 8.21. The molecule has 2 unspecified atom stereocenters. The number of ether oxygens (including phenoxy) is 1. The second kappa shape index (κ2) is 5.56. The molecule has 1 rings (SSSR count). The van der Waals surface area contributed by atoms with E-state index in [4.69, 9.17) is 9.84 Å². The largest absolute Gasteiger partial charge is 0.481 e. The number of carbonyl (C=O) groups is 2. The van der Waals surface area contributed by atoms with E-state index < -0.39 is 11.5 Å². The molecule has 0 saturated carbocycles. The van der Waals surface area contributed by atoms with Crippen molar-refractivity contribution in [2.24, 2.45) is 0 Å². The molecule has 18 heavy (non-hydrogen) atoms. The summed E-state index contributed by atoms with van der Waals surface area (Å²) in [6.45, 7) is 8.26. The molecular weight excluding hydrogens is 236 g/mol. The molecule has 0 aromatic rings. The molecule has 1 heterocycles. The van der Waals surface area contributed by atoms with Gasteiger partial charge in [-0.2, -0.15) is 0 Å². The van der Waals surface area contributed by atoms with E-state index in [1.165, 1.54) is 0 Å². The van der Waals surface area contributed by atoms with E-state index in [2.05, 4.69) is 5.32 Å². The fraction of sp³-hybridized carbons (Fsp3) is 0.833. The van der Waals surface area contributed by atoms with Crippen molar-refractivity contribution < 1.29 is 19.4 Å². The van der Waals surface area contributed by atoms with E-state index in [-0.39, 0.29) is 24.6 Å². The van der Waals surface area contributed by atoms with Gasteiger partial charge in [-0.1, -0.05) is 0 Å². The molecule has 0 radical (unpaired) electrons. The van der Waals surface area contributed by atoms with Crippen molar-refractivity contribution in [1.29, 1.82) is 0 Å². The molecule has 1 saturated heterocycles. The molecule has 1 aliphatic rings. The average molecular weight is 258 g/mol. The van der Waals surface area contributed by atoms with Gasteiger partial charge in [0.2, 0.25) is 0 Å². The van der Waals surface area contributed by atoms with Gasteiger partial charge in [-0.25, -0.2) is 4.79 Å². The van der Waals surface area contributed by atoms with Crippen LogP contribution in [0.4, 0.5) is 4.79 Å². The van der Waals surface area contributed by atoms with Gasteiger partial charge in [-0.15, -0.1) is 0 Å². The number of carboxylic acid groups (broad SMARTS) is 1. The fourth-order valence-electron chi connectivity index (χ4n) is 1.97. The van der Waals surface area contributed by atoms with E-state index in [0.717, 1.165) is 0 Å². The lowest BCUT2D eigenvalue weighted by Crippen LogP contribution is -2.57. The minimum absolute atomic E-state index is 0.00169. The number of hydrogen-bond donors (Lipinski definition) is 2.